The SMILES string of the molecule is CC(C)(C)[Si](C)(C)OCCc1ccc(CCO[Si](C)(C)C(C)(C)C)c(CCO[Si](C)(C)C(C)(C)C)c1. The highest BCUT2D eigenvalue weighted by molar-refractivity contribution is 6.74. The van der Waals surface area contributed by atoms with Crippen molar-refractivity contribution in [3.63, 3.8) is 0 Å². The lowest BCUT2D eigenvalue weighted by Gasteiger charge is -2.36. The summed E-state index contributed by atoms with van der Waals surface area (Å²) in [7, 11) is -5.22. The zero-order valence-corrected chi connectivity index (χ0v) is 29.7. The van der Waals surface area contributed by atoms with E-state index < -0.39 is 25.0 Å². The van der Waals surface area contributed by atoms with Crippen molar-refractivity contribution in [2.24, 2.45) is 0 Å². The lowest BCUT2D eigenvalue weighted by atomic mass is 9.98. The monoisotopic (exact) mass is 552 g/mol. The van der Waals surface area contributed by atoms with Gasteiger partial charge in [-0.3, -0.25) is 0 Å². The Morgan fingerprint density at radius 2 is 0.833 bits per heavy atom. The Bertz CT molecular complexity index is 825. The zero-order chi connectivity index (χ0) is 28.2. The smallest absolute Gasteiger partial charge is 0.191 e. The molecule has 0 amide bonds. The number of hydrogen-bond acceptors (Lipinski definition) is 3. The van der Waals surface area contributed by atoms with Gasteiger partial charge >= 0.3 is 0 Å². The summed E-state index contributed by atoms with van der Waals surface area (Å²) in [5, 5.41) is 0.712. The van der Waals surface area contributed by atoms with Gasteiger partial charge in [-0.1, -0.05) is 80.5 Å². The molecular weight excluding hydrogens is 493 g/mol. The van der Waals surface area contributed by atoms with E-state index in [4.69, 9.17) is 13.3 Å². The first-order valence-corrected chi connectivity index (χ1v) is 22.8. The van der Waals surface area contributed by atoms with Crippen LogP contribution in [0.15, 0.2) is 18.2 Å². The van der Waals surface area contributed by atoms with Gasteiger partial charge in [0.1, 0.15) is 0 Å². The lowest BCUT2D eigenvalue weighted by Crippen LogP contribution is -2.41. The van der Waals surface area contributed by atoms with Crippen molar-refractivity contribution in [2.45, 2.75) is 136 Å². The van der Waals surface area contributed by atoms with Crippen molar-refractivity contribution in [3.05, 3.63) is 34.9 Å². The third kappa shape index (κ3) is 9.81. The van der Waals surface area contributed by atoms with Crippen molar-refractivity contribution in [1.82, 2.24) is 0 Å². The number of rotatable bonds is 12. The first-order valence-electron chi connectivity index (χ1n) is 14.0. The molecule has 0 aliphatic heterocycles. The quantitative estimate of drug-likeness (QED) is 0.242. The highest BCUT2D eigenvalue weighted by Crippen LogP contribution is 2.38. The van der Waals surface area contributed by atoms with Crippen molar-refractivity contribution in [3.8, 4) is 0 Å². The average molecular weight is 553 g/mol. The summed E-state index contributed by atoms with van der Waals surface area (Å²) in [6.45, 7) is 37.2. The van der Waals surface area contributed by atoms with E-state index in [1.807, 2.05) is 0 Å². The minimum absolute atomic E-state index is 0.232. The third-order valence-corrected chi connectivity index (χ3v) is 22.8. The Labute approximate surface area is 228 Å². The van der Waals surface area contributed by atoms with Crippen LogP contribution in [0.25, 0.3) is 0 Å². The molecule has 1 rings (SSSR count). The molecule has 0 atom stereocenters. The summed E-state index contributed by atoms with van der Waals surface area (Å²) in [6.07, 6.45) is 2.88. The molecule has 0 fully saturated rings. The highest BCUT2D eigenvalue weighted by atomic mass is 28.4. The summed E-state index contributed by atoms with van der Waals surface area (Å²) >= 11 is 0. The van der Waals surface area contributed by atoms with Gasteiger partial charge in [0.05, 0.1) is 0 Å². The molecule has 0 bridgehead atoms. The molecule has 3 nitrogen and oxygen atoms in total. The number of benzene rings is 1. The molecule has 0 aromatic heterocycles. The molecule has 0 radical (unpaired) electrons. The van der Waals surface area contributed by atoms with Crippen LogP contribution in [0, 0.1) is 0 Å². The van der Waals surface area contributed by atoms with E-state index in [-0.39, 0.29) is 15.1 Å². The van der Waals surface area contributed by atoms with Crippen molar-refractivity contribution >= 4 is 25.0 Å². The standard InChI is InChI=1S/C30H60O3Si3/c1-28(2,3)34(10,11)31-21-18-25-16-17-26(19-22-32-35(12,13)29(4,5)6)27(24-25)20-23-33-36(14,15)30(7,8)9/h16-17,24H,18-23H2,1-15H3. The lowest BCUT2D eigenvalue weighted by molar-refractivity contribution is 0.286. The zero-order valence-electron chi connectivity index (χ0n) is 26.7. The molecule has 0 heterocycles. The number of hydrogen-bond donors (Lipinski definition) is 0. The van der Waals surface area contributed by atoms with Gasteiger partial charge in [-0.15, -0.1) is 0 Å². The predicted octanol–water partition coefficient (Wildman–Crippen LogP) is 9.38. The minimum Gasteiger partial charge on any atom is -0.416 e. The first-order chi connectivity index (χ1) is 16.0. The predicted molar refractivity (Wildman–Crippen MR) is 167 cm³/mol. The highest BCUT2D eigenvalue weighted by Gasteiger charge is 2.38. The fourth-order valence-corrected chi connectivity index (χ4v) is 6.35. The molecule has 6 heteroatoms. The Balaban J connectivity index is 2.98. The Morgan fingerprint density at radius 1 is 0.500 bits per heavy atom. The van der Waals surface area contributed by atoms with Gasteiger partial charge in [-0.05, 0) is 90.3 Å². The first kappa shape index (κ1) is 33.8. The van der Waals surface area contributed by atoms with Crippen LogP contribution in [0.1, 0.15) is 79.0 Å². The second-order valence-electron chi connectivity index (χ2n) is 15.2. The summed E-state index contributed by atoms with van der Waals surface area (Å²) < 4.78 is 19.5. The maximum atomic E-state index is 6.55. The molecule has 0 aliphatic rings. The van der Waals surface area contributed by atoms with Crippen LogP contribution in [0.4, 0.5) is 0 Å². The molecule has 0 spiro atoms. The molecule has 0 aliphatic carbocycles. The fourth-order valence-electron chi connectivity index (χ4n) is 3.22. The third-order valence-electron chi connectivity index (χ3n) is 9.21. The van der Waals surface area contributed by atoms with Crippen molar-refractivity contribution in [1.29, 1.82) is 0 Å². The molecular formula is C30H60O3Si3. The van der Waals surface area contributed by atoms with Gasteiger partial charge in [0, 0.05) is 19.8 Å². The summed E-state index contributed by atoms with van der Waals surface area (Å²) in [6, 6.07) is 7.04. The van der Waals surface area contributed by atoms with Gasteiger partial charge in [0.25, 0.3) is 0 Å². The van der Waals surface area contributed by atoms with E-state index in [9.17, 15) is 0 Å². The molecule has 1 aromatic carbocycles. The molecule has 0 N–H and O–H groups in total. The fraction of sp³-hybridized carbons (Fsp3) is 0.800. The van der Waals surface area contributed by atoms with E-state index in [1.54, 1.807) is 0 Å². The molecule has 0 saturated carbocycles. The Morgan fingerprint density at radius 3 is 1.19 bits per heavy atom. The molecule has 210 valence electrons. The van der Waals surface area contributed by atoms with Crippen LogP contribution in [-0.2, 0) is 32.5 Å². The Hall–Kier alpha value is -0.249. The summed E-state index contributed by atoms with van der Waals surface area (Å²) in [4.78, 5) is 0. The van der Waals surface area contributed by atoms with Gasteiger partial charge in [0.2, 0.25) is 0 Å². The van der Waals surface area contributed by atoms with Crippen LogP contribution in [-0.4, -0.2) is 44.8 Å². The molecule has 1 aromatic rings. The molecule has 0 unspecified atom stereocenters. The van der Waals surface area contributed by atoms with E-state index >= 15 is 0 Å². The van der Waals surface area contributed by atoms with Crippen LogP contribution >= 0.6 is 0 Å². The summed E-state index contributed by atoms with van der Waals surface area (Å²) in [5.74, 6) is 0. The van der Waals surface area contributed by atoms with E-state index in [2.05, 4.69) is 120 Å². The van der Waals surface area contributed by atoms with Gasteiger partial charge in [-0.25, -0.2) is 0 Å². The van der Waals surface area contributed by atoms with Gasteiger partial charge in [0.15, 0.2) is 25.0 Å². The maximum Gasteiger partial charge on any atom is 0.191 e. The summed E-state index contributed by atoms with van der Waals surface area (Å²) in [5.41, 5.74) is 4.18. The van der Waals surface area contributed by atoms with Crippen LogP contribution in [0.2, 0.25) is 54.4 Å². The minimum atomic E-state index is -1.76. The van der Waals surface area contributed by atoms with Gasteiger partial charge in [-0.2, -0.15) is 0 Å². The maximum absolute atomic E-state index is 6.55. The average Bonchev–Trinajstić information content (AvgIpc) is 2.66. The molecule has 36 heavy (non-hydrogen) atoms. The van der Waals surface area contributed by atoms with Crippen LogP contribution in [0.5, 0.6) is 0 Å². The van der Waals surface area contributed by atoms with Gasteiger partial charge < -0.3 is 13.3 Å². The van der Waals surface area contributed by atoms with E-state index in [0.717, 1.165) is 39.1 Å². The van der Waals surface area contributed by atoms with Crippen LogP contribution < -0.4 is 0 Å². The van der Waals surface area contributed by atoms with E-state index in [0.29, 0.717) is 0 Å². The van der Waals surface area contributed by atoms with Crippen molar-refractivity contribution in [2.75, 3.05) is 19.8 Å². The largest absolute Gasteiger partial charge is 0.416 e. The van der Waals surface area contributed by atoms with E-state index in [1.165, 1.54) is 16.7 Å². The van der Waals surface area contributed by atoms with Crippen LogP contribution in [0.3, 0.4) is 0 Å². The second kappa shape index (κ2) is 12.3. The second-order valence-corrected chi connectivity index (χ2v) is 29.6. The normalized spacial score (nSPS) is 14.4. The topological polar surface area (TPSA) is 27.7 Å². The Kier molecular flexibility index (Phi) is 11.5. The molecule has 0 saturated heterocycles. The van der Waals surface area contributed by atoms with Crippen molar-refractivity contribution < 1.29 is 13.3 Å².